The Hall–Kier alpha value is -0.163. The molecule has 0 spiro atoms. The standard InChI is InChI=1S/C9H22O3Si.C6H10/c1-4-7-10-13(11-8-5-2)12-9-6-3;1-2-4-6-5-3-1/h13H,4-9H2,1-3H3;1-2H,3-6H2. The van der Waals surface area contributed by atoms with Gasteiger partial charge in [0.2, 0.25) is 0 Å². The molecule has 0 saturated carbocycles. The molecular weight excluding hydrogens is 256 g/mol. The second kappa shape index (κ2) is 15.9. The molecule has 0 aliphatic heterocycles. The molecule has 1 aliphatic carbocycles. The van der Waals surface area contributed by atoms with E-state index in [1.165, 1.54) is 25.7 Å². The lowest BCUT2D eigenvalue weighted by Crippen LogP contribution is -2.28. The van der Waals surface area contributed by atoms with Crippen molar-refractivity contribution in [3.05, 3.63) is 12.2 Å². The lowest BCUT2D eigenvalue weighted by Gasteiger charge is -2.15. The van der Waals surface area contributed by atoms with Gasteiger partial charge in [-0.1, -0.05) is 32.9 Å². The molecule has 1 aliphatic rings. The first-order valence-corrected chi connectivity index (χ1v) is 9.26. The molecule has 0 N–H and O–H groups in total. The van der Waals surface area contributed by atoms with E-state index in [-0.39, 0.29) is 0 Å². The predicted octanol–water partition coefficient (Wildman–Crippen LogP) is 4.10. The van der Waals surface area contributed by atoms with Crippen LogP contribution in [0.15, 0.2) is 12.2 Å². The Labute approximate surface area is 121 Å². The summed E-state index contributed by atoms with van der Waals surface area (Å²) in [5, 5.41) is 0. The van der Waals surface area contributed by atoms with Gasteiger partial charge in [-0.15, -0.1) is 0 Å². The maximum atomic E-state index is 5.49. The monoisotopic (exact) mass is 288 g/mol. The van der Waals surface area contributed by atoms with Crippen molar-refractivity contribution in [3.63, 3.8) is 0 Å². The van der Waals surface area contributed by atoms with Gasteiger partial charge in [-0.3, -0.25) is 0 Å². The third-order valence-electron chi connectivity index (χ3n) is 2.53. The SMILES string of the molecule is C1=CCCCC1.CCCO[SiH](OCCC)OCCC. The van der Waals surface area contributed by atoms with Gasteiger partial charge in [0.1, 0.15) is 0 Å². The molecule has 4 heteroatoms. The van der Waals surface area contributed by atoms with Gasteiger partial charge in [0.05, 0.1) is 0 Å². The molecule has 0 fully saturated rings. The molecule has 0 aromatic carbocycles. The molecule has 1 rings (SSSR count). The quantitative estimate of drug-likeness (QED) is 0.472. The molecule has 0 aromatic rings. The lowest BCUT2D eigenvalue weighted by molar-refractivity contribution is 0.0933. The Bertz CT molecular complexity index is 171. The second-order valence-electron chi connectivity index (χ2n) is 4.66. The summed E-state index contributed by atoms with van der Waals surface area (Å²) < 4.78 is 16.5. The van der Waals surface area contributed by atoms with Crippen molar-refractivity contribution in [2.45, 2.75) is 65.7 Å². The van der Waals surface area contributed by atoms with E-state index in [1.54, 1.807) is 0 Å². The zero-order chi connectivity index (χ0) is 14.2. The zero-order valence-electron chi connectivity index (χ0n) is 13.0. The van der Waals surface area contributed by atoms with Crippen molar-refractivity contribution in [1.29, 1.82) is 0 Å². The van der Waals surface area contributed by atoms with Crippen LogP contribution in [0.4, 0.5) is 0 Å². The Kier molecular flexibility index (Phi) is 15.8. The molecule has 0 bridgehead atoms. The Balaban J connectivity index is 0.000000443. The van der Waals surface area contributed by atoms with Gasteiger partial charge in [-0.25, -0.2) is 0 Å². The van der Waals surface area contributed by atoms with Crippen LogP contribution >= 0.6 is 0 Å². The zero-order valence-corrected chi connectivity index (χ0v) is 14.2. The van der Waals surface area contributed by atoms with Crippen molar-refractivity contribution in [3.8, 4) is 0 Å². The molecule has 3 nitrogen and oxygen atoms in total. The molecule has 0 radical (unpaired) electrons. The highest BCUT2D eigenvalue weighted by Gasteiger charge is 2.13. The normalized spacial score (nSPS) is 14.3. The highest BCUT2D eigenvalue weighted by atomic mass is 28.3. The van der Waals surface area contributed by atoms with Gasteiger partial charge in [0.25, 0.3) is 0 Å². The summed E-state index contributed by atoms with van der Waals surface area (Å²) in [7, 11) is -1.79. The largest absolute Gasteiger partial charge is 0.484 e. The van der Waals surface area contributed by atoms with Crippen LogP contribution in [0.5, 0.6) is 0 Å². The summed E-state index contributed by atoms with van der Waals surface area (Å²) in [6, 6.07) is 0. The number of hydrogen-bond donors (Lipinski definition) is 0. The topological polar surface area (TPSA) is 27.7 Å². The molecule has 0 saturated heterocycles. The van der Waals surface area contributed by atoms with Gasteiger partial charge in [-0.2, -0.15) is 0 Å². The summed E-state index contributed by atoms with van der Waals surface area (Å²) in [6.45, 7) is 8.53. The molecule has 114 valence electrons. The Morgan fingerprint density at radius 2 is 1.11 bits per heavy atom. The number of rotatable bonds is 9. The minimum atomic E-state index is -1.79. The van der Waals surface area contributed by atoms with Crippen LogP contribution in [-0.4, -0.2) is 29.3 Å². The van der Waals surface area contributed by atoms with E-state index >= 15 is 0 Å². The van der Waals surface area contributed by atoms with E-state index in [9.17, 15) is 0 Å². The average molecular weight is 289 g/mol. The first-order chi connectivity index (χ1) is 9.35. The molecular formula is C15H32O3Si. The van der Waals surface area contributed by atoms with Crippen molar-refractivity contribution >= 4 is 9.53 Å². The first kappa shape index (κ1) is 18.8. The lowest BCUT2D eigenvalue weighted by atomic mass is 10.1. The smallest absolute Gasteiger partial charge is 0.376 e. The molecule has 0 amide bonds. The summed E-state index contributed by atoms with van der Waals surface area (Å²) in [5.74, 6) is 0. The van der Waals surface area contributed by atoms with Gasteiger partial charge in [0.15, 0.2) is 0 Å². The fourth-order valence-corrected chi connectivity index (χ4v) is 3.12. The molecule has 0 atom stereocenters. The molecule has 0 heterocycles. The van der Waals surface area contributed by atoms with Crippen LogP contribution in [0.1, 0.15) is 65.7 Å². The fraction of sp³-hybridized carbons (Fsp3) is 0.867. The van der Waals surface area contributed by atoms with E-state index in [4.69, 9.17) is 13.3 Å². The van der Waals surface area contributed by atoms with Crippen LogP contribution < -0.4 is 0 Å². The fourth-order valence-electron chi connectivity index (χ4n) is 1.55. The van der Waals surface area contributed by atoms with E-state index in [0.717, 1.165) is 39.1 Å². The molecule has 19 heavy (non-hydrogen) atoms. The van der Waals surface area contributed by atoms with Crippen molar-refractivity contribution in [1.82, 2.24) is 0 Å². The van der Waals surface area contributed by atoms with E-state index < -0.39 is 9.53 Å². The average Bonchev–Trinajstić information content (AvgIpc) is 2.49. The highest BCUT2D eigenvalue weighted by Crippen LogP contribution is 2.07. The second-order valence-corrected chi connectivity index (χ2v) is 6.23. The van der Waals surface area contributed by atoms with Crippen molar-refractivity contribution in [2.24, 2.45) is 0 Å². The van der Waals surface area contributed by atoms with E-state index in [2.05, 4.69) is 32.9 Å². The number of hydrogen-bond acceptors (Lipinski definition) is 3. The van der Waals surface area contributed by atoms with Gasteiger partial charge < -0.3 is 13.3 Å². The summed E-state index contributed by atoms with van der Waals surface area (Å²) in [5.41, 5.74) is 0. The minimum absolute atomic E-state index is 0.754. The Morgan fingerprint density at radius 1 is 0.737 bits per heavy atom. The number of allylic oxidation sites excluding steroid dienone is 2. The van der Waals surface area contributed by atoms with Crippen molar-refractivity contribution < 1.29 is 13.3 Å². The van der Waals surface area contributed by atoms with Crippen LogP contribution in [0.2, 0.25) is 0 Å². The third kappa shape index (κ3) is 14.1. The van der Waals surface area contributed by atoms with Crippen LogP contribution in [0.25, 0.3) is 0 Å². The van der Waals surface area contributed by atoms with Gasteiger partial charge >= 0.3 is 9.53 Å². The summed E-state index contributed by atoms with van der Waals surface area (Å²) >= 11 is 0. The van der Waals surface area contributed by atoms with Crippen LogP contribution in [0.3, 0.4) is 0 Å². The van der Waals surface area contributed by atoms with Gasteiger partial charge in [-0.05, 0) is 44.9 Å². The summed E-state index contributed by atoms with van der Waals surface area (Å²) in [4.78, 5) is 0. The minimum Gasteiger partial charge on any atom is -0.376 e. The van der Waals surface area contributed by atoms with E-state index in [1.807, 2.05) is 0 Å². The molecule has 0 unspecified atom stereocenters. The third-order valence-corrected chi connectivity index (χ3v) is 4.06. The van der Waals surface area contributed by atoms with Gasteiger partial charge in [0, 0.05) is 19.8 Å². The molecule has 0 aromatic heterocycles. The maximum absolute atomic E-state index is 5.49. The maximum Gasteiger partial charge on any atom is 0.484 e. The van der Waals surface area contributed by atoms with Crippen molar-refractivity contribution in [2.75, 3.05) is 19.8 Å². The highest BCUT2D eigenvalue weighted by molar-refractivity contribution is 6.36. The van der Waals surface area contributed by atoms with Crippen LogP contribution in [0, 0.1) is 0 Å². The Morgan fingerprint density at radius 3 is 1.32 bits per heavy atom. The van der Waals surface area contributed by atoms with E-state index in [0.29, 0.717) is 0 Å². The predicted molar refractivity (Wildman–Crippen MR) is 83.5 cm³/mol. The van der Waals surface area contributed by atoms with Crippen LogP contribution in [-0.2, 0) is 13.3 Å². The summed E-state index contributed by atoms with van der Waals surface area (Å²) in [6.07, 6.45) is 13.1. The first-order valence-electron chi connectivity index (χ1n) is 7.84.